The highest BCUT2D eigenvalue weighted by molar-refractivity contribution is 9.10. The average molecular weight is 296 g/mol. The molecule has 17 heavy (non-hydrogen) atoms. The van der Waals surface area contributed by atoms with Gasteiger partial charge in [-0.2, -0.15) is 0 Å². The third-order valence-corrected chi connectivity index (χ3v) is 3.68. The van der Waals surface area contributed by atoms with Crippen LogP contribution >= 0.6 is 15.9 Å². The summed E-state index contributed by atoms with van der Waals surface area (Å²) in [6.07, 6.45) is 2.61. The Kier molecular flexibility index (Phi) is 4.24. The van der Waals surface area contributed by atoms with Gasteiger partial charge in [-0.05, 0) is 49.1 Å². The van der Waals surface area contributed by atoms with Crippen LogP contribution in [-0.4, -0.2) is 19.2 Å². The average Bonchev–Trinajstić information content (AvgIpc) is 3.12. The van der Waals surface area contributed by atoms with Crippen LogP contribution in [0.5, 0.6) is 5.75 Å². The highest BCUT2D eigenvalue weighted by atomic mass is 79.9. The van der Waals surface area contributed by atoms with E-state index in [9.17, 15) is 0 Å². The van der Waals surface area contributed by atoms with Crippen LogP contribution in [0, 0.1) is 6.92 Å². The van der Waals surface area contributed by atoms with Crippen molar-refractivity contribution in [3.63, 3.8) is 0 Å². The summed E-state index contributed by atoms with van der Waals surface area (Å²) < 4.78 is 6.81. The fraction of sp³-hybridized carbons (Fsp3) is 0.429. The van der Waals surface area contributed by atoms with E-state index in [1.165, 1.54) is 18.4 Å². The van der Waals surface area contributed by atoms with Crippen molar-refractivity contribution in [2.45, 2.75) is 25.8 Å². The number of nitrogens with one attached hydrogen (secondary N) is 1. The van der Waals surface area contributed by atoms with E-state index in [1.54, 1.807) is 0 Å². The molecule has 1 aromatic rings. The van der Waals surface area contributed by atoms with Crippen LogP contribution < -0.4 is 10.1 Å². The van der Waals surface area contributed by atoms with Gasteiger partial charge in [-0.1, -0.05) is 22.5 Å². The molecule has 1 aliphatic rings. The van der Waals surface area contributed by atoms with Gasteiger partial charge >= 0.3 is 0 Å². The molecular formula is C14H18BrNO. The summed E-state index contributed by atoms with van der Waals surface area (Å²) in [6.45, 7) is 7.51. The van der Waals surface area contributed by atoms with E-state index in [1.807, 2.05) is 18.2 Å². The van der Waals surface area contributed by atoms with Crippen LogP contribution in [0.25, 0.3) is 0 Å². The van der Waals surface area contributed by atoms with Gasteiger partial charge in [0.05, 0.1) is 0 Å². The van der Waals surface area contributed by atoms with E-state index in [0.29, 0.717) is 6.61 Å². The van der Waals surface area contributed by atoms with E-state index in [0.717, 1.165) is 28.4 Å². The molecule has 1 N–H and O–H groups in total. The summed E-state index contributed by atoms with van der Waals surface area (Å²) >= 11 is 3.47. The summed E-state index contributed by atoms with van der Waals surface area (Å²) in [5, 5.41) is 3.43. The van der Waals surface area contributed by atoms with Crippen LogP contribution in [0.15, 0.2) is 34.8 Å². The summed E-state index contributed by atoms with van der Waals surface area (Å²) in [4.78, 5) is 0. The Hall–Kier alpha value is -0.800. The van der Waals surface area contributed by atoms with Crippen molar-refractivity contribution >= 4 is 15.9 Å². The molecule has 0 saturated heterocycles. The molecule has 1 fully saturated rings. The molecule has 0 amide bonds. The quantitative estimate of drug-likeness (QED) is 0.812. The normalized spacial score (nSPS) is 14.7. The number of benzene rings is 1. The van der Waals surface area contributed by atoms with Crippen LogP contribution in [-0.2, 0) is 0 Å². The lowest BCUT2D eigenvalue weighted by Crippen LogP contribution is -2.21. The predicted molar refractivity (Wildman–Crippen MR) is 74.5 cm³/mol. The Labute approximate surface area is 111 Å². The second kappa shape index (κ2) is 5.69. The van der Waals surface area contributed by atoms with E-state index in [2.05, 4.69) is 34.7 Å². The first-order valence-electron chi connectivity index (χ1n) is 5.94. The van der Waals surface area contributed by atoms with Crippen LogP contribution in [0.4, 0.5) is 0 Å². The van der Waals surface area contributed by atoms with E-state index < -0.39 is 0 Å². The predicted octanol–water partition coefficient (Wildman–Crippen LogP) is 3.44. The van der Waals surface area contributed by atoms with Crippen LogP contribution in [0.1, 0.15) is 18.4 Å². The Balaban J connectivity index is 1.75. The first-order valence-corrected chi connectivity index (χ1v) is 6.73. The maximum absolute atomic E-state index is 5.70. The summed E-state index contributed by atoms with van der Waals surface area (Å²) in [6, 6.07) is 6.74. The van der Waals surface area contributed by atoms with E-state index >= 15 is 0 Å². The molecule has 0 aliphatic heterocycles. The second-order valence-corrected chi connectivity index (χ2v) is 5.46. The molecule has 0 spiro atoms. The Morgan fingerprint density at radius 2 is 2.29 bits per heavy atom. The number of aryl methyl sites for hydroxylation is 1. The highest BCUT2D eigenvalue weighted by Gasteiger charge is 2.19. The van der Waals surface area contributed by atoms with Gasteiger partial charge in [-0.15, -0.1) is 0 Å². The molecule has 92 valence electrons. The number of hydrogen-bond donors (Lipinski definition) is 1. The van der Waals surface area contributed by atoms with Gasteiger partial charge in [0.2, 0.25) is 0 Å². The molecule has 0 aromatic heterocycles. The van der Waals surface area contributed by atoms with Crippen LogP contribution in [0.3, 0.4) is 0 Å². The molecule has 0 heterocycles. The van der Waals surface area contributed by atoms with Crippen molar-refractivity contribution in [2.24, 2.45) is 0 Å². The first kappa shape index (κ1) is 12.7. The lowest BCUT2D eigenvalue weighted by Gasteiger charge is -2.10. The van der Waals surface area contributed by atoms with E-state index in [4.69, 9.17) is 4.74 Å². The number of ether oxygens (including phenoxy) is 1. The van der Waals surface area contributed by atoms with Crippen molar-refractivity contribution in [3.8, 4) is 5.75 Å². The van der Waals surface area contributed by atoms with Crippen LogP contribution in [0.2, 0.25) is 0 Å². The monoisotopic (exact) mass is 295 g/mol. The largest absolute Gasteiger partial charge is 0.489 e. The first-order chi connectivity index (χ1) is 8.15. The fourth-order valence-corrected chi connectivity index (χ4v) is 1.77. The fourth-order valence-electron chi connectivity index (χ4n) is 1.52. The molecule has 3 heteroatoms. The second-order valence-electron chi connectivity index (χ2n) is 4.60. The van der Waals surface area contributed by atoms with Crippen molar-refractivity contribution in [1.29, 1.82) is 0 Å². The molecule has 0 bridgehead atoms. The summed E-state index contributed by atoms with van der Waals surface area (Å²) in [5.74, 6) is 0.901. The Morgan fingerprint density at radius 3 is 2.94 bits per heavy atom. The molecule has 0 atom stereocenters. The van der Waals surface area contributed by atoms with Crippen molar-refractivity contribution in [2.75, 3.05) is 13.2 Å². The minimum atomic E-state index is 0.584. The molecule has 0 unspecified atom stereocenters. The lowest BCUT2D eigenvalue weighted by molar-refractivity contribution is 0.348. The minimum Gasteiger partial charge on any atom is -0.489 e. The zero-order valence-electron chi connectivity index (χ0n) is 10.1. The molecule has 1 aromatic carbocycles. The zero-order chi connectivity index (χ0) is 12.3. The minimum absolute atomic E-state index is 0.584. The third-order valence-electron chi connectivity index (χ3n) is 2.79. The number of rotatable bonds is 6. The SMILES string of the molecule is C=C(CNC1CC1)COc1ccc(Br)c(C)c1. The van der Waals surface area contributed by atoms with Gasteiger partial charge in [0.25, 0.3) is 0 Å². The van der Waals surface area contributed by atoms with Gasteiger partial charge in [-0.25, -0.2) is 0 Å². The molecule has 1 aliphatic carbocycles. The standard InChI is InChI=1S/C14H18BrNO/c1-10(8-16-12-3-4-12)9-17-13-5-6-14(15)11(2)7-13/h5-7,12,16H,1,3-4,8-9H2,2H3. The van der Waals surface area contributed by atoms with Crippen molar-refractivity contribution < 1.29 is 4.74 Å². The van der Waals surface area contributed by atoms with Crippen molar-refractivity contribution in [3.05, 3.63) is 40.4 Å². The van der Waals surface area contributed by atoms with Crippen molar-refractivity contribution in [1.82, 2.24) is 5.32 Å². The zero-order valence-corrected chi connectivity index (χ0v) is 11.7. The van der Waals surface area contributed by atoms with Gasteiger partial charge in [0.1, 0.15) is 12.4 Å². The molecule has 2 rings (SSSR count). The van der Waals surface area contributed by atoms with Gasteiger partial charge in [0, 0.05) is 17.1 Å². The van der Waals surface area contributed by atoms with Gasteiger partial charge in [0.15, 0.2) is 0 Å². The third kappa shape index (κ3) is 4.17. The highest BCUT2D eigenvalue weighted by Crippen LogP contribution is 2.22. The Bertz CT molecular complexity index is 413. The number of hydrogen-bond acceptors (Lipinski definition) is 2. The van der Waals surface area contributed by atoms with E-state index in [-0.39, 0.29) is 0 Å². The van der Waals surface area contributed by atoms with Gasteiger partial charge < -0.3 is 10.1 Å². The number of halogens is 1. The topological polar surface area (TPSA) is 21.3 Å². The smallest absolute Gasteiger partial charge is 0.120 e. The molecular weight excluding hydrogens is 278 g/mol. The lowest BCUT2D eigenvalue weighted by atomic mass is 10.2. The Morgan fingerprint density at radius 1 is 1.53 bits per heavy atom. The molecule has 2 nitrogen and oxygen atoms in total. The summed E-state index contributed by atoms with van der Waals surface area (Å²) in [7, 11) is 0. The molecule has 0 radical (unpaired) electrons. The maximum atomic E-state index is 5.70. The molecule has 1 saturated carbocycles. The maximum Gasteiger partial charge on any atom is 0.120 e. The van der Waals surface area contributed by atoms with Gasteiger partial charge in [-0.3, -0.25) is 0 Å². The summed E-state index contributed by atoms with van der Waals surface area (Å²) in [5.41, 5.74) is 2.28.